The van der Waals surface area contributed by atoms with E-state index in [-0.39, 0.29) is 6.61 Å². The van der Waals surface area contributed by atoms with Crippen molar-refractivity contribution in [3.8, 4) is 11.3 Å². The van der Waals surface area contributed by atoms with Crippen molar-refractivity contribution in [2.24, 2.45) is 5.92 Å². The van der Waals surface area contributed by atoms with Gasteiger partial charge in [0.25, 0.3) is 0 Å². The van der Waals surface area contributed by atoms with Crippen LogP contribution in [0.3, 0.4) is 0 Å². The molecule has 2 aromatic heterocycles. The lowest BCUT2D eigenvalue weighted by Crippen LogP contribution is -2.39. The summed E-state index contributed by atoms with van der Waals surface area (Å²) in [5.74, 6) is 1.55. The molecule has 6 nitrogen and oxygen atoms in total. The number of benzene rings is 1. The van der Waals surface area contributed by atoms with E-state index >= 15 is 0 Å². The molecule has 4 rings (SSSR count). The van der Waals surface area contributed by atoms with Gasteiger partial charge in [0.2, 0.25) is 0 Å². The van der Waals surface area contributed by atoms with Crippen LogP contribution in [0.1, 0.15) is 12.8 Å². The lowest BCUT2D eigenvalue weighted by Gasteiger charge is -2.32. The highest BCUT2D eigenvalue weighted by Crippen LogP contribution is 2.23. The van der Waals surface area contributed by atoms with Gasteiger partial charge in [-0.3, -0.25) is 0 Å². The van der Waals surface area contributed by atoms with E-state index in [1.54, 1.807) is 6.20 Å². The van der Waals surface area contributed by atoms with E-state index in [2.05, 4.69) is 33.5 Å². The number of rotatable bonds is 6. The van der Waals surface area contributed by atoms with Crippen LogP contribution < -0.4 is 5.32 Å². The molecule has 3 aromatic rings. The highest BCUT2D eigenvalue weighted by Gasteiger charge is 2.19. The third-order valence-electron chi connectivity index (χ3n) is 5.02. The Morgan fingerprint density at radius 2 is 2.08 bits per heavy atom. The zero-order chi connectivity index (χ0) is 17.8. The van der Waals surface area contributed by atoms with Crippen LogP contribution in [0.25, 0.3) is 16.9 Å². The highest BCUT2D eigenvalue weighted by atomic mass is 16.3. The molecule has 1 atom stereocenters. The van der Waals surface area contributed by atoms with Crippen molar-refractivity contribution in [2.75, 3.05) is 38.1 Å². The van der Waals surface area contributed by atoms with Crippen LogP contribution in [0.5, 0.6) is 0 Å². The molecular weight excluding hydrogens is 326 g/mol. The number of fused-ring (bicyclic) bond motifs is 1. The Hall–Kier alpha value is -2.44. The molecule has 1 aliphatic rings. The Balaban J connectivity index is 1.53. The van der Waals surface area contributed by atoms with Crippen LogP contribution in [-0.4, -0.2) is 57.4 Å². The minimum Gasteiger partial charge on any atom is -0.395 e. The van der Waals surface area contributed by atoms with Crippen molar-refractivity contribution < 1.29 is 5.11 Å². The number of β-amino-alcohol motifs (C(OH)–C–C–N with tert-alkyl or cyclic N) is 1. The SMILES string of the molecule is OCCN1CCC[C@@H](CNc2cc(-c3ccccc3)nc3ccnn23)C1. The predicted molar refractivity (Wildman–Crippen MR) is 103 cm³/mol. The first-order valence-electron chi connectivity index (χ1n) is 9.31. The van der Waals surface area contributed by atoms with E-state index in [9.17, 15) is 5.11 Å². The minimum absolute atomic E-state index is 0.235. The maximum Gasteiger partial charge on any atom is 0.157 e. The summed E-state index contributed by atoms with van der Waals surface area (Å²) < 4.78 is 1.86. The zero-order valence-electron chi connectivity index (χ0n) is 14.9. The van der Waals surface area contributed by atoms with E-state index in [0.717, 1.165) is 48.9 Å². The second-order valence-electron chi connectivity index (χ2n) is 6.91. The Morgan fingerprint density at radius 3 is 2.92 bits per heavy atom. The number of likely N-dealkylation sites (tertiary alicyclic amines) is 1. The van der Waals surface area contributed by atoms with Crippen LogP contribution in [0.4, 0.5) is 5.82 Å². The summed E-state index contributed by atoms with van der Waals surface area (Å²) in [4.78, 5) is 7.07. The molecule has 0 unspecified atom stereocenters. The molecule has 0 bridgehead atoms. The molecule has 6 heteroatoms. The monoisotopic (exact) mass is 351 g/mol. The van der Waals surface area contributed by atoms with E-state index < -0.39 is 0 Å². The molecule has 1 saturated heterocycles. The average molecular weight is 351 g/mol. The number of aromatic nitrogens is 3. The molecule has 2 N–H and O–H groups in total. The number of anilines is 1. The number of nitrogens with zero attached hydrogens (tertiary/aromatic N) is 4. The van der Waals surface area contributed by atoms with Crippen LogP contribution in [0.2, 0.25) is 0 Å². The molecular formula is C20H25N5O. The summed E-state index contributed by atoms with van der Waals surface area (Å²) in [6.07, 6.45) is 4.19. The normalized spacial score (nSPS) is 18.3. The van der Waals surface area contributed by atoms with Crippen molar-refractivity contribution in [3.63, 3.8) is 0 Å². The molecule has 0 spiro atoms. The first-order valence-corrected chi connectivity index (χ1v) is 9.31. The van der Waals surface area contributed by atoms with Gasteiger partial charge in [-0.05, 0) is 25.3 Å². The zero-order valence-corrected chi connectivity index (χ0v) is 14.9. The van der Waals surface area contributed by atoms with E-state index in [0.29, 0.717) is 5.92 Å². The topological polar surface area (TPSA) is 65.7 Å². The van der Waals surface area contributed by atoms with E-state index in [4.69, 9.17) is 4.98 Å². The fourth-order valence-electron chi connectivity index (χ4n) is 3.71. The largest absolute Gasteiger partial charge is 0.395 e. The van der Waals surface area contributed by atoms with Crippen molar-refractivity contribution in [3.05, 3.63) is 48.7 Å². The predicted octanol–water partition coefficient (Wildman–Crippen LogP) is 2.51. The fraction of sp³-hybridized carbons (Fsp3) is 0.400. The molecule has 0 aliphatic carbocycles. The number of nitrogens with one attached hydrogen (secondary N) is 1. The van der Waals surface area contributed by atoms with Crippen molar-refractivity contribution in [1.29, 1.82) is 0 Å². The molecule has 0 amide bonds. The van der Waals surface area contributed by atoms with Gasteiger partial charge in [0.15, 0.2) is 5.65 Å². The van der Waals surface area contributed by atoms with E-state index in [1.807, 2.05) is 28.8 Å². The summed E-state index contributed by atoms with van der Waals surface area (Å²) in [5, 5.41) is 17.2. The lowest BCUT2D eigenvalue weighted by atomic mass is 9.98. The minimum atomic E-state index is 0.235. The quantitative estimate of drug-likeness (QED) is 0.714. The Labute approximate surface area is 153 Å². The molecule has 0 saturated carbocycles. The van der Waals surface area contributed by atoms with Crippen LogP contribution in [0.15, 0.2) is 48.7 Å². The molecule has 0 radical (unpaired) electrons. The number of hydrogen-bond donors (Lipinski definition) is 2. The molecule has 1 aromatic carbocycles. The van der Waals surface area contributed by atoms with Gasteiger partial charge in [0, 0.05) is 37.3 Å². The molecule has 1 fully saturated rings. The van der Waals surface area contributed by atoms with Gasteiger partial charge >= 0.3 is 0 Å². The van der Waals surface area contributed by atoms with Crippen LogP contribution >= 0.6 is 0 Å². The van der Waals surface area contributed by atoms with Gasteiger partial charge in [0.05, 0.1) is 18.5 Å². The second kappa shape index (κ2) is 7.85. The third-order valence-corrected chi connectivity index (χ3v) is 5.02. The summed E-state index contributed by atoms with van der Waals surface area (Å²) in [5.41, 5.74) is 2.90. The molecule has 3 heterocycles. The van der Waals surface area contributed by atoms with Gasteiger partial charge in [-0.15, -0.1) is 0 Å². The molecule has 26 heavy (non-hydrogen) atoms. The summed E-state index contributed by atoms with van der Waals surface area (Å²) >= 11 is 0. The van der Waals surface area contributed by atoms with Crippen molar-refractivity contribution >= 4 is 11.5 Å². The molecule has 136 valence electrons. The lowest BCUT2D eigenvalue weighted by molar-refractivity contribution is 0.144. The Morgan fingerprint density at radius 1 is 1.19 bits per heavy atom. The molecule has 1 aliphatic heterocycles. The Bertz CT molecular complexity index is 846. The van der Waals surface area contributed by atoms with Gasteiger partial charge in [-0.25, -0.2) is 4.98 Å². The summed E-state index contributed by atoms with van der Waals surface area (Å²) in [6, 6.07) is 14.2. The van der Waals surface area contributed by atoms with Gasteiger partial charge in [-0.2, -0.15) is 9.61 Å². The number of hydrogen-bond acceptors (Lipinski definition) is 5. The highest BCUT2D eigenvalue weighted by molar-refractivity contribution is 5.66. The number of piperidine rings is 1. The first kappa shape index (κ1) is 17.0. The van der Waals surface area contributed by atoms with Gasteiger partial charge < -0.3 is 15.3 Å². The smallest absolute Gasteiger partial charge is 0.157 e. The van der Waals surface area contributed by atoms with E-state index in [1.165, 1.54) is 12.8 Å². The average Bonchev–Trinajstić information content (AvgIpc) is 3.16. The van der Waals surface area contributed by atoms with Gasteiger partial charge in [-0.1, -0.05) is 30.3 Å². The van der Waals surface area contributed by atoms with Crippen LogP contribution in [0, 0.1) is 5.92 Å². The van der Waals surface area contributed by atoms with Crippen molar-refractivity contribution in [2.45, 2.75) is 12.8 Å². The third kappa shape index (κ3) is 3.71. The van der Waals surface area contributed by atoms with Crippen LogP contribution in [-0.2, 0) is 0 Å². The second-order valence-corrected chi connectivity index (χ2v) is 6.91. The number of aliphatic hydroxyl groups is 1. The van der Waals surface area contributed by atoms with Gasteiger partial charge in [0.1, 0.15) is 5.82 Å². The fourth-order valence-corrected chi connectivity index (χ4v) is 3.71. The standard InChI is InChI=1S/C20H25N5O/c26-12-11-24-10-4-5-16(15-24)14-21-20-13-18(17-6-2-1-3-7-17)23-19-8-9-22-25(19)20/h1-3,6-9,13,16,21,26H,4-5,10-12,14-15H2/t16-/m0/s1. The number of aliphatic hydroxyl groups excluding tert-OH is 1. The maximum atomic E-state index is 9.17. The Kier molecular flexibility index (Phi) is 5.13. The maximum absolute atomic E-state index is 9.17. The van der Waals surface area contributed by atoms with Crippen molar-refractivity contribution in [1.82, 2.24) is 19.5 Å². The summed E-state index contributed by atoms with van der Waals surface area (Å²) in [6.45, 7) is 4.03. The summed E-state index contributed by atoms with van der Waals surface area (Å²) in [7, 11) is 0. The first-order chi connectivity index (χ1) is 12.8.